The van der Waals surface area contributed by atoms with Gasteiger partial charge in [0.2, 0.25) is 0 Å². The summed E-state index contributed by atoms with van der Waals surface area (Å²) in [5, 5.41) is 0. The predicted molar refractivity (Wildman–Crippen MR) is 169 cm³/mol. The predicted octanol–water partition coefficient (Wildman–Crippen LogP) is 3.73. The van der Waals surface area contributed by atoms with Crippen LogP contribution in [0.15, 0.2) is 91.0 Å². The molecular weight excluding hydrogens is 636 g/mol. The highest BCUT2D eigenvalue weighted by molar-refractivity contribution is 8.32. The fraction of sp³-hybridized carbons (Fsp3) is 0.333. The van der Waals surface area contributed by atoms with E-state index in [-0.39, 0.29) is 35.3 Å². The van der Waals surface area contributed by atoms with Crippen LogP contribution in [-0.2, 0) is 52.9 Å². The first kappa shape index (κ1) is 34.7. The van der Waals surface area contributed by atoms with Crippen molar-refractivity contribution in [3.63, 3.8) is 0 Å². The first-order valence-electron chi connectivity index (χ1n) is 14.4. The second-order valence-corrected chi connectivity index (χ2v) is 14.8. The Morgan fingerprint density at radius 1 is 0.717 bits per heavy atom. The lowest BCUT2D eigenvalue weighted by Gasteiger charge is -2.44. The van der Waals surface area contributed by atoms with Crippen LogP contribution in [0, 0.1) is 0 Å². The molecular formula is C33H34O11S2. The molecule has 1 unspecified atom stereocenters. The van der Waals surface area contributed by atoms with E-state index >= 15 is 0 Å². The maximum absolute atomic E-state index is 13.4. The number of esters is 4. The highest BCUT2D eigenvalue weighted by Gasteiger charge is 2.53. The van der Waals surface area contributed by atoms with Gasteiger partial charge in [0.15, 0.2) is 24.6 Å². The van der Waals surface area contributed by atoms with E-state index in [2.05, 4.69) is 0 Å². The van der Waals surface area contributed by atoms with Crippen molar-refractivity contribution in [1.82, 2.24) is 0 Å². The van der Waals surface area contributed by atoms with Gasteiger partial charge in [0, 0.05) is 34.0 Å². The van der Waals surface area contributed by atoms with Gasteiger partial charge in [-0.15, -0.1) is 0 Å². The molecule has 3 aromatic rings. The SMILES string of the molecule is CO[C@H]1O[C@H](COC(=O)c2ccccc2)[C@H](OC(=O)CCCS(C)(=O)=S)[C@H](OC(=O)c2ccccc2)[C@H]1OC(=O)c1ccccc1. The molecule has 1 saturated heterocycles. The molecule has 0 radical (unpaired) electrons. The fourth-order valence-corrected chi connectivity index (χ4v) is 5.66. The van der Waals surface area contributed by atoms with Crippen molar-refractivity contribution in [2.75, 3.05) is 25.7 Å². The highest BCUT2D eigenvalue weighted by Crippen LogP contribution is 2.31. The van der Waals surface area contributed by atoms with Gasteiger partial charge in [-0.1, -0.05) is 54.6 Å². The lowest BCUT2D eigenvalue weighted by Crippen LogP contribution is -2.63. The summed E-state index contributed by atoms with van der Waals surface area (Å²) in [5.41, 5.74) is 0.644. The topological polar surface area (TPSA) is 141 Å². The van der Waals surface area contributed by atoms with E-state index in [9.17, 15) is 23.4 Å². The van der Waals surface area contributed by atoms with Crippen LogP contribution >= 0.6 is 0 Å². The Morgan fingerprint density at radius 3 is 1.67 bits per heavy atom. The first-order valence-corrected chi connectivity index (χ1v) is 17.4. The van der Waals surface area contributed by atoms with E-state index in [1.807, 2.05) is 0 Å². The molecule has 3 aromatic carbocycles. The van der Waals surface area contributed by atoms with E-state index in [4.69, 9.17) is 39.6 Å². The van der Waals surface area contributed by atoms with Crippen LogP contribution in [0.1, 0.15) is 43.9 Å². The van der Waals surface area contributed by atoms with Crippen molar-refractivity contribution in [2.45, 2.75) is 43.5 Å². The molecule has 11 nitrogen and oxygen atoms in total. The largest absolute Gasteiger partial charge is 0.459 e. The molecule has 0 aliphatic carbocycles. The molecule has 4 rings (SSSR count). The average molecular weight is 671 g/mol. The van der Waals surface area contributed by atoms with E-state index in [1.165, 1.54) is 37.6 Å². The molecule has 1 fully saturated rings. The second-order valence-electron chi connectivity index (χ2n) is 10.4. The Bertz CT molecular complexity index is 1580. The quantitative estimate of drug-likeness (QED) is 0.193. The number of carbonyl (C=O) groups excluding carboxylic acids is 4. The standard InChI is InChI=1S/C33H34O11S2/c1-39-33-29(44-32(37)24-17-10-5-11-18-24)28(43-31(36)23-15-8-4-9-16-23)27(42-26(34)19-12-20-46(2,38)45)25(41-33)21-40-30(35)22-13-6-3-7-14-22/h3-11,13-18,25,27-29,33H,12,19-21H2,1-2H3/t25-,27+,28+,29-,33+,46?/m1/s1. The minimum absolute atomic E-state index is 0.103. The molecule has 1 aliphatic rings. The molecule has 13 heteroatoms. The van der Waals surface area contributed by atoms with Crippen molar-refractivity contribution >= 4 is 43.6 Å². The molecule has 0 amide bonds. The van der Waals surface area contributed by atoms with Crippen LogP contribution in [0.25, 0.3) is 0 Å². The van der Waals surface area contributed by atoms with E-state index in [1.54, 1.807) is 66.7 Å². The minimum Gasteiger partial charge on any atom is -0.459 e. The zero-order chi connectivity index (χ0) is 33.1. The average Bonchev–Trinajstić information content (AvgIpc) is 3.06. The normalized spacial score (nSPS) is 22.1. The summed E-state index contributed by atoms with van der Waals surface area (Å²) in [4.78, 5) is 52.5. The Hall–Kier alpha value is -4.17. The number of benzene rings is 3. The van der Waals surface area contributed by atoms with Gasteiger partial charge in [-0.3, -0.25) is 9.00 Å². The van der Waals surface area contributed by atoms with Crippen molar-refractivity contribution in [2.24, 2.45) is 0 Å². The lowest BCUT2D eigenvalue weighted by atomic mass is 9.97. The first-order chi connectivity index (χ1) is 22.1. The molecule has 244 valence electrons. The summed E-state index contributed by atoms with van der Waals surface area (Å²) in [5.74, 6) is -2.91. The third kappa shape index (κ3) is 9.91. The monoisotopic (exact) mass is 670 g/mol. The van der Waals surface area contributed by atoms with Gasteiger partial charge < -0.3 is 28.4 Å². The maximum Gasteiger partial charge on any atom is 0.338 e. The van der Waals surface area contributed by atoms with Crippen LogP contribution in [-0.4, -0.2) is 84.5 Å². The number of hydrogen-bond acceptors (Lipinski definition) is 12. The molecule has 0 spiro atoms. The Kier molecular flexibility index (Phi) is 12.4. The molecule has 0 aromatic heterocycles. The minimum atomic E-state index is -2.52. The smallest absolute Gasteiger partial charge is 0.338 e. The van der Waals surface area contributed by atoms with Gasteiger partial charge in [0.25, 0.3) is 0 Å². The zero-order valence-corrected chi connectivity index (χ0v) is 26.8. The Balaban J connectivity index is 1.67. The molecule has 0 bridgehead atoms. The highest BCUT2D eigenvalue weighted by atomic mass is 32.8. The van der Waals surface area contributed by atoms with Crippen molar-refractivity contribution in [3.05, 3.63) is 108 Å². The Labute approximate surface area is 271 Å². The van der Waals surface area contributed by atoms with Crippen LogP contribution in [0.3, 0.4) is 0 Å². The van der Waals surface area contributed by atoms with Gasteiger partial charge >= 0.3 is 23.9 Å². The second kappa shape index (κ2) is 16.4. The summed E-state index contributed by atoms with van der Waals surface area (Å²) >= 11 is 4.94. The zero-order valence-electron chi connectivity index (χ0n) is 25.2. The molecule has 1 heterocycles. The maximum atomic E-state index is 13.4. The summed E-state index contributed by atoms with van der Waals surface area (Å²) in [6, 6.07) is 24.3. The van der Waals surface area contributed by atoms with Crippen LogP contribution < -0.4 is 0 Å². The van der Waals surface area contributed by atoms with Gasteiger partial charge in [-0.05, 0) is 54.0 Å². The van der Waals surface area contributed by atoms with E-state index in [0.717, 1.165) is 0 Å². The summed E-state index contributed by atoms with van der Waals surface area (Å²) < 4.78 is 46.6. The van der Waals surface area contributed by atoms with Gasteiger partial charge in [0.1, 0.15) is 12.7 Å². The van der Waals surface area contributed by atoms with Crippen LogP contribution in [0.4, 0.5) is 0 Å². The molecule has 46 heavy (non-hydrogen) atoms. The van der Waals surface area contributed by atoms with Crippen molar-refractivity contribution in [1.29, 1.82) is 0 Å². The van der Waals surface area contributed by atoms with Gasteiger partial charge in [-0.2, -0.15) is 0 Å². The number of methoxy groups -OCH3 is 1. The van der Waals surface area contributed by atoms with E-state index in [0.29, 0.717) is 0 Å². The molecule has 0 N–H and O–H groups in total. The molecule has 0 saturated carbocycles. The van der Waals surface area contributed by atoms with Gasteiger partial charge in [0.05, 0.1) is 16.7 Å². The van der Waals surface area contributed by atoms with E-state index < -0.39 is 69.7 Å². The number of hydrogen-bond donors (Lipinski definition) is 0. The lowest BCUT2D eigenvalue weighted by molar-refractivity contribution is -0.295. The fourth-order valence-electron chi connectivity index (χ4n) is 4.64. The van der Waals surface area contributed by atoms with Crippen LogP contribution in [0.2, 0.25) is 0 Å². The molecule has 6 atom stereocenters. The number of carbonyl (C=O) groups is 4. The number of ether oxygens (including phenoxy) is 6. The third-order valence-corrected chi connectivity index (χ3v) is 8.41. The third-order valence-electron chi connectivity index (χ3n) is 6.88. The van der Waals surface area contributed by atoms with Crippen molar-refractivity contribution < 1.29 is 51.8 Å². The van der Waals surface area contributed by atoms with Crippen LogP contribution in [0.5, 0.6) is 0 Å². The summed E-state index contributed by atoms with van der Waals surface area (Å²) in [6.45, 7) is -0.445. The summed E-state index contributed by atoms with van der Waals surface area (Å²) in [7, 11) is -1.23. The summed E-state index contributed by atoms with van der Waals surface area (Å²) in [6.07, 6.45) is -5.48. The van der Waals surface area contributed by atoms with Crippen molar-refractivity contribution in [3.8, 4) is 0 Å². The van der Waals surface area contributed by atoms with Gasteiger partial charge in [-0.25, -0.2) is 14.4 Å². The Morgan fingerprint density at radius 2 is 1.20 bits per heavy atom. The molecule has 1 aliphatic heterocycles. The number of rotatable bonds is 13.